The van der Waals surface area contributed by atoms with Crippen LogP contribution in [0.5, 0.6) is 0 Å². The molecule has 4 nitrogen and oxygen atoms in total. The Bertz CT molecular complexity index is 702. The van der Waals surface area contributed by atoms with E-state index < -0.39 is 0 Å². The highest BCUT2D eigenvalue weighted by Gasteiger charge is 2.22. The van der Waals surface area contributed by atoms with Crippen LogP contribution in [0.15, 0.2) is 53.0 Å². The SMILES string of the molecule is NC(=O)c1cccc(CNCC2CCN(c3ccc(Br)cc3)C2)c1. The Kier molecular flexibility index (Phi) is 5.53. The second-order valence-electron chi connectivity index (χ2n) is 6.27. The minimum absolute atomic E-state index is 0.377. The zero-order valence-corrected chi connectivity index (χ0v) is 15.1. The molecule has 1 atom stereocenters. The maximum absolute atomic E-state index is 11.2. The molecular weight excluding hydrogens is 366 g/mol. The van der Waals surface area contributed by atoms with Crippen molar-refractivity contribution in [3.8, 4) is 0 Å². The quantitative estimate of drug-likeness (QED) is 0.799. The largest absolute Gasteiger partial charge is 0.371 e. The number of nitrogens with one attached hydrogen (secondary N) is 1. The summed E-state index contributed by atoms with van der Waals surface area (Å²) in [4.78, 5) is 13.7. The van der Waals surface area contributed by atoms with Gasteiger partial charge >= 0.3 is 0 Å². The van der Waals surface area contributed by atoms with E-state index in [0.717, 1.165) is 36.2 Å². The van der Waals surface area contributed by atoms with E-state index in [-0.39, 0.29) is 5.91 Å². The van der Waals surface area contributed by atoms with Gasteiger partial charge in [0.1, 0.15) is 0 Å². The Labute approximate surface area is 151 Å². The molecule has 0 aliphatic carbocycles. The Morgan fingerprint density at radius 2 is 2.04 bits per heavy atom. The fourth-order valence-corrected chi connectivity index (χ4v) is 3.41. The summed E-state index contributed by atoms with van der Waals surface area (Å²) in [5.74, 6) is 0.269. The van der Waals surface area contributed by atoms with Crippen LogP contribution < -0.4 is 16.0 Å². The van der Waals surface area contributed by atoms with Crippen molar-refractivity contribution in [1.29, 1.82) is 0 Å². The van der Waals surface area contributed by atoms with Gasteiger partial charge in [0.15, 0.2) is 0 Å². The number of rotatable bonds is 6. The molecule has 2 aromatic carbocycles. The van der Waals surface area contributed by atoms with Gasteiger partial charge in [0.2, 0.25) is 5.91 Å². The lowest BCUT2D eigenvalue weighted by atomic mass is 10.1. The number of amides is 1. The monoisotopic (exact) mass is 387 g/mol. The third kappa shape index (κ3) is 4.36. The smallest absolute Gasteiger partial charge is 0.248 e. The Hall–Kier alpha value is -1.85. The molecule has 1 amide bonds. The molecule has 1 fully saturated rings. The molecule has 1 aliphatic rings. The van der Waals surface area contributed by atoms with E-state index in [1.165, 1.54) is 12.1 Å². The number of anilines is 1. The Balaban J connectivity index is 1.47. The van der Waals surface area contributed by atoms with E-state index in [1.807, 2.05) is 18.2 Å². The summed E-state index contributed by atoms with van der Waals surface area (Å²) >= 11 is 3.48. The Morgan fingerprint density at radius 1 is 1.25 bits per heavy atom. The molecule has 3 N–H and O–H groups in total. The first-order valence-electron chi connectivity index (χ1n) is 8.22. The first kappa shape index (κ1) is 17.0. The van der Waals surface area contributed by atoms with Crippen LogP contribution in [-0.2, 0) is 6.54 Å². The molecule has 5 heteroatoms. The molecule has 0 radical (unpaired) electrons. The zero-order valence-electron chi connectivity index (χ0n) is 13.5. The maximum atomic E-state index is 11.2. The first-order valence-corrected chi connectivity index (χ1v) is 9.01. The molecule has 1 aliphatic heterocycles. The molecule has 126 valence electrons. The van der Waals surface area contributed by atoms with Crippen LogP contribution in [0.3, 0.4) is 0 Å². The molecule has 3 rings (SSSR count). The van der Waals surface area contributed by atoms with Gasteiger partial charge in [-0.15, -0.1) is 0 Å². The van der Waals surface area contributed by atoms with E-state index in [4.69, 9.17) is 5.73 Å². The number of hydrogen-bond donors (Lipinski definition) is 2. The van der Waals surface area contributed by atoms with Crippen molar-refractivity contribution < 1.29 is 4.79 Å². The van der Waals surface area contributed by atoms with Crippen LogP contribution in [0.1, 0.15) is 22.3 Å². The second-order valence-corrected chi connectivity index (χ2v) is 7.19. The lowest BCUT2D eigenvalue weighted by Crippen LogP contribution is -2.26. The van der Waals surface area contributed by atoms with Crippen molar-refractivity contribution in [2.24, 2.45) is 11.7 Å². The number of nitrogens with zero attached hydrogens (tertiary/aromatic N) is 1. The van der Waals surface area contributed by atoms with Gasteiger partial charge in [-0.3, -0.25) is 4.79 Å². The summed E-state index contributed by atoms with van der Waals surface area (Å²) in [6, 6.07) is 16.0. The van der Waals surface area contributed by atoms with E-state index >= 15 is 0 Å². The first-order chi connectivity index (χ1) is 11.6. The number of carbonyl (C=O) groups excluding carboxylic acids is 1. The summed E-state index contributed by atoms with van der Waals surface area (Å²) in [5, 5.41) is 3.50. The molecule has 0 bridgehead atoms. The summed E-state index contributed by atoms with van der Waals surface area (Å²) in [6.45, 7) is 3.92. The molecule has 0 aromatic heterocycles. The third-order valence-corrected chi connectivity index (χ3v) is 4.98. The van der Waals surface area contributed by atoms with Gasteiger partial charge in [-0.25, -0.2) is 0 Å². The van der Waals surface area contributed by atoms with Crippen LogP contribution in [0.2, 0.25) is 0 Å². The predicted molar refractivity (Wildman–Crippen MR) is 101 cm³/mol. The van der Waals surface area contributed by atoms with Crippen molar-refractivity contribution in [2.45, 2.75) is 13.0 Å². The average molecular weight is 388 g/mol. The van der Waals surface area contributed by atoms with Gasteiger partial charge in [0, 0.05) is 41.9 Å². The number of primary amides is 1. The zero-order chi connectivity index (χ0) is 16.9. The van der Waals surface area contributed by atoms with Crippen molar-refractivity contribution >= 4 is 27.5 Å². The Morgan fingerprint density at radius 3 is 2.79 bits per heavy atom. The van der Waals surface area contributed by atoms with E-state index in [2.05, 4.69) is 50.4 Å². The highest BCUT2D eigenvalue weighted by molar-refractivity contribution is 9.10. The number of hydrogen-bond acceptors (Lipinski definition) is 3. The van der Waals surface area contributed by atoms with Gasteiger partial charge in [-0.2, -0.15) is 0 Å². The summed E-state index contributed by atoms with van der Waals surface area (Å²) in [6.07, 6.45) is 1.20. The van der Waals surface area contributed by atoms with Crippen molar-refractivity contribution in [3.63, 3.8) is 0 Å². The van der Waals surface area contributed by atoms with Gasteiger partial charge in [-0.1, -0.05) is 28.1 Å². The average Bonchev–Trinajstić information content (AvgIpc) is 3.05. The summed E-state index contributed by atoms with van der Waals surface area (Å²) < 4.78 is 1.11. The number of benzene rings is 2. The summed E-state index contributed by atoms with van der Waals surface area (Å²) in [5.41, 5.74) is 8.27. The van der Waals surface area contributed by atoms with E-state index in [9.17, 15) is 4.79 Å². The molecule has 0 spiro atoms. The molecular formula is C19H22BrN3O. The van der Waals surface area contributed by atoms with Crippen molar-refractivity contribution in [1.82, 2.24) is 5.32 Å². The van der Waals surface area contributed by atoms with Gasteiger partial charge in [-0.05, 0) is 54.3 Å². The normalized spacial score (nSPS) is 17.2. The number of nitrogens with two attached hydrogens (primary N) is 1. The van der Waals surface area contributed by atoms with Crippen LogP contribution in [-0.4, -0.2) is 25.5 Å². The lowest BCUT2D eigenvalue weighted by Gasteiger charge is -2.19. The third-order valence-electron chi connectivity index (χ3n) is 4.45. The van der Waals surface area contributed by atoms with Crippen LogP contribution in [0.25, 0.3) is 0 Å². The molecule has 1 unspecified atom stereocenters. The molecule has 1 saturated heterocycles. The van der Waals surface area contributed by atoms with E-state index in [1.54, 1.807) is 6.07 Å². The minimum Gasteiger partial charge on any atom is -0.371 e. The highest BCUT2D eigenvalue weighted by Crippen LogP contribution is 2.25. The van der Waals surface area contributed by atoms with Crippen molar-refractivity contribution in [2.75, 3.05) is 24.5 Å². The van der Waals surface area contributed by atoms with Gasteiger partial charge < -0.3 is 16.0 Å². The van der Waals surface area contributed by atoms with Crippen molar-refractivity contribution in [3.05, 3.63) is 64.1 Å². The minimum atomic E-state index is -0.377. The topological polar surface area (TPSA) is 58.4 Å². The number of carbonyl (C=O) groups is 1. The maximum Gasteiger partial charge on any atom is 0.248 e. The molecule has 1 heterocycles. The standard InChI is InChI=1S/C19H22BrN3O/c20-17-4-6-18(7-5-17)23-9-8-15(13-23)12-22-11-14-2-1-3-16(10-14)19(21)24/h1-7,10,15,22H,8-9,11-13H2,(H2,21,24). The second kappa shape index (κ2) is 7.81. The van der Waals surface area contributed by atoms with Gasteiger partial charge in [0.05, 0.1) is 0 Å². The van der Waals surface area contributed by atoms with Crippen LogP contribution in [0, 0.1) is 5.92 Å². The van der Waals surface area contributed by atoms with E-state index in [0.29, 0.717) is 11.5 Å². The predicted octanol–water partition coefficient (Wildman–Crippen LogP) is 3.16. The molecule has 24 heavy (non-hydrogen) atoms. The highest BCUT2D eigenvalue weighted by atomic mass is 79.9. The fourth-order valence-electron chi connectivity index (χ4n) is 3.14. The molecule has 2 aromatic rings. The van der Waals surface area contributed by atoms with Crippen LogP contribution >= 0.6 is 15.9 Å². The molecule has 0 saturated carbocycles. The van der Waals surface area contributed by atoms with Crippen LogP contribution in [0.4, 0.5) is 5.69 Å². The summed E-state index contributed by atoms with van der Waals surface area (Å²) in [7, 11) is 0. The lowest BCUT2D eigenvalue weighted by molar-refractivity contribution is 0.1000. The van der Waals surface area contributed by atoms with Gasteiger partial charge in [0.25, 0.3) is 0 Å². The fraction of sp³-hybridized carbons (Fsp3) is 0.316. The number of halogens is 1.